The number of anilines is 1. The number of aromatic hydroxyl groups is 1. The van der Waals surface area contributed by atoms with Crippen molar-refractivity contribution in [3.8, 4) is 11.6 Å². The second kappa shape index (κ2) is 8.30. The van der Waals surface area contributed by atoms with Crippen LogP contribution in [0.25, 0.3) is 27.8 Å². The van der Waals surface area contributed by atoms with E-state index in [2.05, 4.69) is 54.0 Å². The molecule has 0 saturated carbocycles. The number of benzene rings is 2. The Labute approximate surface area is 211 Å². The molecular formula is C27H22N5OPt+. The summed E-state index contributed by atoms with van der Waals surface area (Å²) in [6.07, 6.45) is 9.19. The van der Waals surface area contributed by atoms with Gasteiger partial charge in [0.2, 0.25) is 0 Å². The van der Waals surface area contributed by atoms with Crippen LogP contribution in [0, 0.1) is 0 Å². The Morgan fingerprint density at radius 2 is 1.71 bits per heavy atom. The fourth-order valence-electron chi connectivity index (χ4n) is 4.37. The fourth-order valence-corrected chi connectivity index (χ4v) is 4.37. The standard InChI is InChI=1S/C27H22N5O.Pt/c1-27(2)15-17-30(22-11-5-6-12-23(22)33)18-31(27)24-13-14-25(29-24)32-21-10-4-3-8-19(21)20-9-7-16-28-26(20)32;/h3-17,33H,1-2H3;/q-1;+2. The molecule has 0 atom stereocenters. The number of nitrogens with zero attached hydrogens (tertiary/aromatic N) is 5. The van der Waals surface area contributed by atoms with Crippen molar-refractivity contribution in [1.82, 2.24) is 14.5 Å². The van der Waals surface area contributed by atoms with Crippen LogP contribution in [0.5, 0.6) is 5.75 Å². The smallest absolute Gasteiger partial charge is 0.516 e. The molecule has 0 radical (unpaired) electrons. The number of phenols is 1. The second-order valence-corrected chi connectivity index (χ2v) is 8.65. The third-order valence-corrected chi connectivity index (χ3v) is 6.06. The molecule has 7 heteroatoms. The maximum atomic E-state index is 10.3. The van der Waals surface area contributed by atoms with E-state index in [4.69, 9.17) is 4.98 Å². The topological polar surface area (TPSA) is 58.4 Å². The number of fused-ring (bicyclic) bond motifs is 3. The number of aromatic nitrogens is 3. The van der Waals surface area contributed by atoms with Gasteiger partial charge in [0, 0.05) is 34.5 Å². The van der Waals surface area contributed by atoms with Gasteiger partial charge in [0.25, 0.3) is 0 Å². The first kappa shape index (κ1) is 22.2. The van der Waals surface area contributed by atoms with Gasteiger partial charge in [0.05, 0.1) is 17.1 Å². The van der Waals surface area contributed by atoms with Crippen LogP contribution in [0.2, 0.25) is 0 Å². The van der Waals surface area contributed by atoms with Gasteiger partial charge in [-0.1, -0.05) is 54.7 Å². The normalized spacial score (nSPS) is 14.9. The predicted octanol–water partition coefficient (Wildman–Crippen LogP) is 5.20. The van der Waals surface area contributed by atoms with Crippen molar-refractivity contribution in [2.24, 2.45) is 0 Å². The number of hydrogen-bond donors (Lipinski definition) is 1. The molecule has 5 aromatic rings. The van der Waals surface area contributed by atoms with Crippen LogP contribution in [0.15, 0.2) is 91.3 Å². The third kappa shape index (κ3) is 3.46. The average molecular weight is 628 g/mol. The van der Waals surface area contributed by atoms with E-state index in [1.165, 1.54) is 0 Å². The van der Waals surface area contributed by atoms with Crippen LogP contribution in [-0.2, 0) is 21.1 Å². The number of para-hydroxylation sites is 3. The third-order valence-electron chi connectivity index (χ3n) is 6.06. The molecule has 4 heterocycles. The molecule has 0 unspecified atom stereocenters. The van der Waals surface area contributed by atoms with Crippen LogP contribution in [-0.4, -0.2) is 31.1 Å². The number of phenolic OH excluding ortho intramolecular Hbond substituents is 1. The zero-order valence-corrected chi connectivity index (χ0v) is 20.9. The molecule has 3 aromatic heterocycles. The maximum absolute atomic E-state index is 10.3. The van der Waals surface area contributed by atoms with Crippen molar-refractivity contribution in [2.45, 2.75) is 19.4 Å². The minimum atomic E-state index is -0.349. The van der Waals surface area contributed by atoms with Gasteiger partial charge in [-0.2, -0.15) is 0 Å². The van der Waals surface area contributed by atoms with Gasteiger partial charge in [-0.25, -0.2) is 4.98 Å². The Morgan fingerprint density at radius 3 is 2.56 bits per heavy atom. The minimum Gasteiger partial charge on any atom is -0.516 e. The molecule has 6 rings (SSSR count). The van der Waals surface area contributed by atoms with Gasteiger partial charge in [-0.05, 0) is 44.2 Å². The Hall–Kier alpha value is -3.63. The Balaban J connectivity index is 0.00000241. The predicted molar refractivity (Wildman–Crippen MR) is 131 cm³/mol. The number of hydrogen-bond acceptors (Lipinski definition) is 3. The summed E-state index contributed by atoms with van der Waals surface area (Å²) in [7, 11) is 0. The van der Waals surface area contributed by atoms with Crippen LogP contribution in [0.4, 0.5) is 11.5 Å². The first-order valence-corrected chi connectivity index (χ1v) is 10.8. The van der Waals surface area contributed by atoms with Crippen molar-refractivity contribution in [1.29, 1.82) is 0 Å². The van der Waals surface area contributed by atoms with E-state index in [0.717, 1.165) is 33.6 Å². The Bertz CT molecular complexity index is 1520. The summed E-state index contributed by atoms with van der Waals surface area (Å²) in [6.45, 7) is 4.21. The van der Waals surface area contributed by atoms with Crippen molar-refractivity contribution < 1.29 is 30.7 Å². The SMILES string of the molecule is CC1(C)C=CN(c2ccccc2O)[C-]=[N+]1c1ccc(-n2c3ccccc3c3cccnc32)[n-]1.[Pt+2]. The summed E-state index contributed by atoms with van der Waals surface area (Å²) in [5.74, 6) is 1.76. The van der Waals surface area contributed by atoms with E-state index in [-0.39, 0.29) is 32.4 Å². The summed E-state index contributed by atoms with van der Waals surface area (Å²) in [5.41, 5.74) is 2.26. The number of rotatable bonds is 3. The minimum absolute atomic E-state index is 0. The molecule has 0 bridgehead atoms. The van der Waals surface area contributed by atoms with E-state index in [9.17, 15) is 5.11 Å². The molecule has 170 valence electrons. The first-order valence-electron chi connectivity index (χ1n) is 10.8. The van der Waals surface area contributed by atoms with Crippen LogP contribution in [0.1, 0.15) is 13.8 Å². The summed E-state index contributed by atoms with van der Waals surface area (Å²) in [5, 5.41) is 12.6. The van der Waals surface area contributed by atoms with Gasteiger partial charge in [-0.15, -0.1) is 0 Å². The van der Waals surface area contributed by atoms with Gasteiger partial charge in [0.1, 0.15) is 11.5 Å². The summed E-state index contributed by atoms with van der Waals surface area (Å²) < 4.78 is 4.09. The molecule has 6 nitrogen and oxygen atoms in total. The van der Waals surface area contributed by atoms with E-state index >= 15 is 0 Å². The fraction of sp³-hybridized carbons (Fsp3) is 0.111. The van der Waals surface area contributed by atoms with Gasteiger partial charge in [0.15, 0.2) is 0 Å². The second-order valence-electron chi connectivity index (χ2n) is 8.65. The summed E-state index contributed by atoms with van der Waals surface area (Å²) in [6, 6.07) is 23.6. The molecule has 0 amide bonds. The Kier molecular flexibility index (Phi) is 5.41. The largest absolute Gasteiger partial charge is 2.00 e. The van der Waals surface area contributed by atoms with Crippen molar-refractivity contribution in [2.75, 3.05) is 4.90 Å². The average Bonchev–Trinajstić information content (AvgIpc) is 3.42. The van der Waals surface area contributed by atoms with Gasteiger partial charge >= 0.3 is 21.1 Å². The molecule has 1 aliphatic rings. The van der Waals surface area contributed by atoms with Crippen molar-refractivity contribution in [3.63, 3.8) is 0 Å². The summed E-state index contributed by atoms with van der Waals surface area (Å²) >= 11 is 0. The molecule has 0 fully saturated rings. The maximum Gasteiger partial charge on any atom is 2.00 e. The monoisotopic (exact) mass is 627 g/mol. The Morgan fingerprint density at radius 1 is 0.941 bits per heavy atom. The zero-order valence-electron chi connectivity index (χ0n) is 18.7. The van der Waals surface area contributed by atoms with Crippen LogP contribution < -0.4 is 9.88 Å². The van der Waals surface area contributed by atoms with E-state index in [1.54, 1.807) is 17.0 Å². The summed E-state index contributed by atoms with van der Waals surface area (Å²) in [4.78, 5) is 11.4. The van der Waals surface area contributed by atoms with E-state index < -0.39 is 0 Å². The molecule has 2 aromatic carbocycles. The van der Waals surface area contributed by atoms with Crippen molar-refractivity contribution >= 4 is 39.8 Å². The molecule has 1 N–H and O–H groups in total. The first-order chi connectivity index (χ1) is 16.0. The molecule has 1 aliphatic heterocycles. The quantitative estimate of drug-likeness (QED) is 0.221. The van der Waals surface area contributed by atoms with Crippen LogP contribution in [0.3, 0.4) is 0 Å². The van der Waals surface area contributed by atoms with E-state index in [0.29, 0.717) is 5.69 Å². The van der Waals surface area contributed by atoms with Gasteiger partial charge < -0.3 is 14.6 Å². The van der Waals surface area contributed by atoms with E-state index in [1.807, 2.05) is 59.4 Å². The zero-order chi connectivity index (χ0) is 22.6. The molecule has 34 heavy (non-hydrogen) atoms. The molecule has 0 aliphatic carbocycles. The molecule has 0 spiro atoms. The van der Waals surface area contributed by atoms with Gasteiger partial charge in [-0.3, -0.25) is 9.55 Å². The number of pyridine rings is 1. The molecule has 0 saturated heterocycles. The van der Waals surface area contributed by atoms with Crippen molar-refractivity contribution in [3.05, 3.63) is 91.3 Å². The van der Waals surface area contributed by atoms with Crippen LogP contribution >= 0.6 is 0 Å². The molecular weight excluding hydrogens is 605 g/mol.